The zero-order valence-electron chi connectivity index (χ0n) is 14.7. The highest BCUT2D eigenvalue weighted by molar-refractivity contribution is 5.74. The maximum atomic E-state index is 4.67. The highest BCUT2D eigenvalue weighted by Crippen LogP contribution is 2.13. The van der Waals surface area contributed by atoms with E-state index in [0.717, 1.165) is 23.3 Å². The second kappa shape index (κ2) is 7.70. The Bertz CT molecular complexity index is 755. The van der Waals surface area contributed by atoms with Gasteiger partial charge in [-0.15, -0.1) is 0 Å². The van der Waals surface area contributed by atoms with E-state index in [9.17, 15) is 0 Å². The van der Waals surface area contributed by atoms with E-state index in [1.165, 1.54) is 51.3 Å². The summed E-state index contributed by atoms with van der Waals surface area (Å²) < 4.78 is 0. The SMILES string of the molecule is c1ccc(N2CC[NH+](CCCCc3nc4ccccc4[nH]3)CC2)cc1. The second-order valence-corrected chi connectivity index (χ2v) is 6.98. The number of hydrogen-bond acceptors (Lipinski definition) is 2. The summed E-state index contributed by atoms with van der Waals surface area (Å²) in [6.07, 6.45) is 3.54. The van der Waals surface area contributed by atoms with Crippen molar-refractivity contribution >= 4 is 16.7 Å². The van der Waals surface area contributed by atoms with Crippen LogP contribution in [0, 0.1) is 0 Å². The zero-order valence-corrected chi connectivity index (χ0v) is 14.7. The number of quaternary nitrogens is 1. The standard InChI is InChI=1S/C21H26N4/c1-2-8-18(9-3-1)25-16-14-24(15-17-25)13-7-6-12-21-22-19-10-4-5-11-20(19)23-21/h1-5,8-11H,6-7,12-17H2,(H,22,23)/p+1. The fraction of sp³-hybridized carbons (Fsp3) is 0.381. The molecule has 0 bridgehead atoms. The Morgan fingerprint density at radius 3 is 2.48 bits per heavy atom. The molecular formula is C21H27N4+. The maximum Gasteiger partial charge on any atom is 0.107 e. The van der Waals surface area contributed by atoms with Gasteiger partial charge in [0.05, 0.1) is 43.8 Å². The predicted molar refractivity (Wildman–Crippen MR) is 103 cm³/mol. The van der Waals surface area contributed by atoms with Crippen LogP contribution in [-0.4, -0.2) is 42.7 Å². The van der Waals surface area contributed by atoms with E-state index in [-0.39, 0.29) is 0 Å². The summed E-state index contributed by atoms with van der Waals surface area (Å²) in [5.74, 6) is 1.13. The molecule has 1 saturated heterocycles. The van der Waals surface area contributed by atoms with Gasteiger partial charge < -0.3 is 14.8 Å². The summed E-state index contributed by atoms with van der Waals surface area (Å²) in [7, 11) is 0. The van der Waals surface area contributed by atoms with Crippen LogP contribution in [0.1, 0.15) is 18.7 Å². The monoisotopic (exact) mass is 335 g/mol. The normalized spacial score (nSPS) is 15.8. The van der Waals surface area contributed by atoms with Gasteiger partial charge in [0.1, 0.15) is 5.82 Å². The first kappa shape index (κ1) is 16.2. The molecule has 2 heterocycles. The second-order valence-electron chi connectivity index (χ2n) is 6.98. The van der Waals surface area contributed by atoms with Crippen LogP contribution in [0.3, 0.4) is 0 Å². The lowest BCUT2D eigenvalue weighted by molar-refractivity contribution is -0.900. The fourth-order valence-electron chi connectivity index (χ4n) is 3.76. The Balaban J connectivity index is 1.18. The molecule has 2 N–H and O–H groups in total. The van der Waals surface area contributed by atoms with Crippen LogP contribution < -0.4 is 9.80 Å². The summed E-state index contributed by atoms with van der Waals surface area (Å²) >= 11 is 0. The van der Waals surface area contributed by atoms with Gasteiger partial charge in [-0.2, -0.15) is 0 Å². The van der Waals surface area contributed by atoms with Crippen LogP contribution in [0.25, 0.3) is 11.0 Å². The van der Waals surface area contributed by atoms with Crippen LogP contribution in [0.15, 0.2) is 54.6 Å². The number of unbranched alkanes of at least 4 members (excludes halogenated alkanes) is 1. The molecule has 3 aromatic rings. The molecule has 1 aliphatic heterocycles. The van der Waals surface area contributed by atoms with Crippen molar-refractivity contribution in [3.05, 3.63) is 60.4 Å². The van der Waals surface area contributed by atoms with Gasteiger partial charge >= 0.3 is 0 Å². The number of hydrogen-bond donors (Lipinski definition) is 2. The van der Waals surface area contributed by atoms with Gasteiger partial charge in [-0.25, -0.2) is 4.98 Å². The number of para-hydroxylation sites is 3. The number of fused-ring (bicyclic) bond motifs is 1. The number of aromatic nitrogens is 2. The third kappa shape index (κ3) is 4.02. The molecule has 0 unspecified atom stereocenters. The predicted octanol–water partition coefficient (Wildman–Crippen LogP) is 2.29. The van der Waals surface area contributed by atoms with E-state index in [1.807, 2.05) is 6.07 Å². The van der Waals surface area contributed by atoms with Crippen molar-refractivity contribution in [2.45, 2.75) is 19.3 Å². The molecule has 25 heavy (non-hydrogen) atoms. The number of aromatic amines is 1. The van der Waals surface area contributed by atoms with Crippen molar-refractivity contribution in [1.29, 1.82) is 0 Å². The van der Waals surface area contributed by atoms with Gasteiger partial charge in [-0.3, -0.25) is 0 Å². The van der Waals surface area contributed by atoms with E-state index in [0.29, 0.717) is 0 Å². The van der Waals surface area contributed by atoms with Gasteiger partial charge in [0, 0.05) is 12.1 Å². The minimum Gasteiger partial charge on any atom is -0.360 e. The molecule has 4 heteroatoms. The molecule has 1 aromatic heterocycles. The third-order valence-corrected chi connectivity index (χ3v) is 5.22. The fourth-order valence-corrected chi connectivity index (χ4v) is 3.76. The van der Waals surface area contributed by atoms with Gasteiger partial charge in [0.25, 0.3) is 0 Å². The number of anilines is 1. The minimum atomic E-state index is 1.05. The smallest absolute Gasteiger partial charge is 0.107 e. The highest BCUT2D eigenvalue weighted by atomic mass is 15.3. The number of imidazole rings is 1. The van der Waals surface area contributed by atoms with Crippen molar-refractivity contribution < 1.29 is 4.90 Å². The molecule has 0 amide bonds. The Morgan fingerprint density at radius 2 is 1.68 bits per heavy atom. The van der Waals surface area contributed by atoms with Gasteiger partial charge in [-0.05, 0) is 37.1 Å². The lowest BCUT2D eigenvalue weighted by Gasteiger charge is -2.33. The Kier molecular flexibility index (Phi) is 4.98. The molecule has 0 aliphatic carbocycles. The average Bonchev–Trinajstić information content (AvgIpc) is 3.09. The number of H-pyrrole nitrogens is 1. The molecule has 130 valence electrons. The lowest BCUT2D eigenvalue weighted by atomic mass is 10.2. The summed E-state index contributed by atoms with van der Waals surface area (Å²) in [5, 5.41) is 0. The number of aryl methyl sites for hydroxylation is 1. The number of nitrogens with zero attached hydrogens (tertiary/aromatic N) is 2. The molecule has 1 aliphatic rings. The van der Waals surface area contributed by atoms with E-state index in [1.54, 1.807) is 4.90 Å². The maximum absolute atomic E-state index is 4.67. The first-order valence-corrected chi connectivity index (χ1v) is 9.46. The van der Waals surface area contributed by atoms with Crippen LogP contribution in [0.5, 0.6) is 0 Å². The third-order valence-electron chi connectivity index (χ3n) is 5.22. The lowest BCUT2D eigenvalue weighted by Crippen LogP contribution is -3.14. The Hall–Kier alpha value is -2.33. The Labute approximate surface area is 149 Å². The number of benzene rings is 2. The molecule has 2 aromatic carbocycles. The Morgan fingerprint density at radius 1 is 0.920 bits per heavy atom. The summed E-state index contributed by atoms with van der Waals surface area (Å²) in [6, 6.07) is 19.1. The number of rotatable bonds is 6. The summed E-state index contributed by atoms with van der Waals surface area (Å²) in [6.45, 7) is 6.12. The van der Waals surface area contributed by atoms with E-state index < -0.39 is 0 Å². The van der Waals surface area contributed by atoms with Crippen LogP contribution in [0.4, 0.5) is 5.69 Å². The largest absolute Gasteiger partial charge is 0.360 e. The van der Waals surface area contributed by atoms with Gasteiger partial charge in [0.2, 0.25) is 0 Å². The van der Waals surface area contributed by atoms with Crippen molar-refractivity contribution in [2.75, 3.05) is 37.6 Å². The molecule has 0 atom stereocenters. The van der Waals surface area contributed by atoms with Crippen LogP contribution >= 0.6 is 0 Å². The van der Waals surface area contributed by atoms with Crippen molar-refractivity contribution in [2.24, 2.45) is 0 Å². The number of nitrogens with one attached hydrogen (secondary N) is 2. The molecule has 4 rings (SSSR count). The van der Waals surface area contributed by atoms with Crippen LogP contribution in [0.2, 0.25) is 0 Å². The first-order valence-electron chi connectivity index (χ1n) is 9.46. The zero-order chi connectivity index (χ0) is 16.9. The van der Waals surface area contributed by atoms with Gasteiger partial charge in [-0.1, -0.05) is 30.3 Å². The topological polar surface area (TPSA) is 36.4 Å². The molecule has 0 saturated carbocycles. The molecular weight excluding hydrogens is 308 g/mol. The van der Waals surface area contributed by atoms with Crippen molar-refractivity contribution in [3.63, 3.8) is 0 Å². The summed E-state index contributed by atoms with van der Waals surface area (Å²) in [5.41, 5.74) is 3.60. The minimum absolute atomic E-state index is 1.05. The van der Waals surface area contributed by atoms with E-state index in [2.05, 4.69) is 63.4 Å². The molecule has 0 spiro atoms. The van der Waals surface area contributed by atoms with Crippen LogP contribution in [-0.2, 0) is 6.42 Å². The molecule has 4 nitrogen and oxygen atoms in total. The van der Waals surface area contributed by atoms with Gasteiger partial charge in [0.15, 0.2) is 0 Å². The quantitative estimate of drug-likeness (QED) is 0.678. The van der Waals surface area contributed by atoms with E-state index in [4.69, 9.17) is 0 Å². The van der Waals surface area contributed by atoms with Crippen molar-refractivity contribution in [1.82, 2.24) is 9.97 Å². The first-order chi connectivity index (χ1) is 12.4. The van der Waals surface area contributed by atoms with E-state index >= 15 is 0 Å². The number of piperazine rings is 1. The summed E-state index contributed by atoms with van der Waals surface area (Å²) in [4.78, 5) is 12.4. The highest BCUT2D eigenvalue weighted by Gasteiger charge is 2.19. The van der Waals surface area contributed by atoms with Crippen molar-refractivity contribution in [3.8, 4) is 0 Å². The molecule has 1 fully saturated rings. The molecule has 0 radical (unpaired) electrons. The average molecular weight is 335 g/mol.